The minimum atomic E-state index is -0.324. The largest absolute Gasteiger partial charge is 0.369 e. The molecule has 1 aromatic carbocycles. The van der Waals surface area contributed by atoms with E-state index in [1.807, 2.05) is 30.3 Å². The number of nitrogens with two attached hydrogens (primary N) is 1. The Balaban J connectivity index is 2.15. The lowest BCUT2D eigenvalue weighted by molar-refractivity contribution is 0.126. The summed E-state index contributed by atoms with van der Waals surface area (Å²) in [7, 11) is 1.63. The van der Waals surface area contributed by atoms with Gasteiger partial charge in [0.25, 0.3) is 0 Å². The van der Waals surface area contributed by atoms with E-state index in [9.17, 15) is 0 Å². The van der Waals surface area contributed by atoms with Gasteiger partial charge in [-0.1, -0.05) is 56.3 Å². The zero-order valence-electron chi connectivity index (χ0n) is 13.0. The van der Waals surface area contributed by atoms with Crippen LogP contribution in [-0.2, 0) is 11.2 Å². The van der Waals surface area contributed by atoms with E-state index in [4.69, 9.17) is 15.0 Å². The van der Waals surface area contributed by atoms with Gasteiger partial charge in [0.15, 0.2) is 0 Å². The van der Waals surface area contributed by atoms with Crippen LogP contribution in [0, 0.1) is 5.41 Å². The number of ether oxygens (including phenoxy) is 1. The van der Waals surface area contributed by atoms with Crippen LogP contribution in [0.25, 0.3) is 0 Å². The molecule has 2 aromatic rings. The summed E-state index contributed by atoms with van der Waals surface area (Å²) in [6.45, 7) is 6.28. The molecule has 21 heavy (non-hydrogen) atoms. The Bertz CT molecular complexity index is 560. The van der Waals surface area contributed by atoms with Gasteiger partial charge in [-0.3, -0.25) is 0 Å². The standard InChI is InChI=1S/C16H23N3O2/c1-16(2,3)12(17)10-13-18-15(19-21-13)14(20-4)11-8-6-5-7-9-11/h5-9,12,14H,10,17H2,1-4H3. The molecule has 0 amide bonds. The fourth-order valence-electron chi connectivity index (χ4n) is 1.97. The van der Waals surface area contributed by atoms with Gasteiger partial charge < -0.3 is 15.0 Å². The molecule has 1 aromatic heterocycles. The van der Waals surface area contributed by atoms with Crippen LogP contribution in [0.1, 0.15) is 44.2 Å². The summed E-state index contributed by atoms with van der Waals surface area (Å²) in [5, 5.41) is 4.03. The van der Waals surface area contributed by atoms with Gasteiger partial charge in [0.1, 0.15) is 6.10 Å². The van der Waals surface area contributed by atoms with Gasteiger partial charge in [0, 0.05) is 19.6 Å². The maximum Gasteiger partial charge on any atom is 0.228 e. The molecule has 5 heteroatoms. The molecule has 0 aliphatic heterocycles. The zero-order chi connectivity index (χ0) is 15.5. The second kappa shape index (κ2) is 6.37. The Morgan fingerprint density at radius 3 is 2.48 bits per heavy atom. The second-order valence-electron chi connectivity index (χ2n) is 6.25. The molecular weight excluding hydrogens is 266 g/mol. The number of benzene rings is 1. The molecule has 2 atom stereocenters. The Labute approximate surface area is 125 Å². The molecular formula is C16H23N3O2. The lowest BCUT2D eigenvalue weighted by Crippen LogP contribution is -2.37. The lowest BCUT2D eigenvalue weighted by Gasteiger charge is -2.25. The van der Waals surface area contributed by atoms with E-state index in [2.05, 4.69) is 30.9 Å². The van der Waals surface area contributed by atoms with Crippen molar-refractivity contribution in [1.82, 2.24) is 10.1 Å². The van der Waals surface area contributed by atoms with Crippen molar-refractivity contribution in [3.05, 3.63) is 47.6 Å². The number of methoxy groups -OCH3 is 1. The molecule has 2 unspecified atom stereocenters. The molecule has 114 valence electrons. The van der Waals surface area contributed by atoms with Crippen LogP contribution in [0.2, 0.25) is 0 Å². The molecule has 0 saturated carbocycles. The maximum absolute atomic E-state index is 6.15. The van der Waals surface area contributed by atoms with Crippen LogP contribution in [0.15, 0.2) is 34.9 Å². The average molecular weight is 289 g/mol. The third-order valence-electron chi connectivity index (χ3n) is 3.56. The van der Waals surface area contributed by atoms with Crippen molar-refractivity contribution in [1.29, 1.82) is 0 Å². The predicted molar refractivity (Wildman–Crippen MR) is 80.7 cm³/mol. The average Bonchev–Trinajstić information content (AvgIpc) is 2.88. The number of hydrogen-bond donors (Lipinski definition) is 1. The van der Waals surface area contributed by atoms with Gasteiger partial charge >= 0.3 is 0 Å². The maximum atomic E-state index is 6.15. The van der Waals surface area contributed by atoms with Crippen LogP contribution < -0.4 is 5.73 Å². The number of aromatic nitrogens is 2. The summed E-state index contributed by atoms with van der Waals surface area (Å²) in [5.74, 6) is 1.07. The van der Waals surface area contributed by atoms with Crippen LogP contribution in [0.5, 0.6) is 0 Å². The highest BCUT2D eigenvalue weighted by Gasteiger charge is 2.25. The first-order valence-electron chi connectivity index (χ1n) is 7.07. The smallest absolute Gasteiger partial charge is 0.228 e. The van der Waals surface area contributed by atoms with E-state index in [0.717, 1.165) is 5.56 Å². The Morgan fingerprint density at radius 1 is 1.24 bits per heavy atom. The minimum Gasteiger partial charge on any atom is -0.369 e. The van der Waals surface area contributed by atoms with Crippen LogP contribution in [0.3, 0.4) is 0 Å². The first kappa shape index (κ1) is 15.7. The van der Waals surface area contributed by atoms with Gasteiger partial charge in [-0.25, -0.2) is 0 Å². The highest BCUT2D eigenvalue weighted by atomic mass is 16.5. The normalized spacial score (nSPS) is 14.9. The monoisotopic (exact) mass is 289 g/mol. The van der Waals surface area contributed by atoms with Gasteiger partial charge in [0.05, 0.1) is 0 Å². The predicted octanol–water partition coefficient (Wildman–Crippen LogP) is 2.72. The van der Waals surface area contributed by atoms with E-state index < -0.39 is 0 Å². The van der Waals surface area contributed by atoms with Gasteiger partial charge in [-0.2, -0.15) is 4.98 Å². The summed E-state index contributed by atoms with van der Waals surface area (Å²) in [6, 6.07) is 9.79. The molecule has 1 heterocycles. The van der Waals surface area contributed by atoms with E-state index >= 15 is 0 Å². The fraction of sp³-hybridized carbons (Fsp3) is 0.500. The molecule has 0 fully saturated rings. The first-order chi connectivity index (χ1) is 9.91. The molecule has 0 spiro atoms. The molecule has 0 radical (unpaired) electrons. The summed E-state index contributed by atoms with van der Waals surface area (Å²) < 4.78 is 10.8. The second-order valence-corrected chi connectivity index (χ2v) is 6.25. The molecule has 5 nitrogen and oxygen atoms in total. The zero-order valence-corrected chi connectivity index (χ0v) is 13.0. The number of nitrogens with zero attached hydrogens (tertiary/aromatic N) is 2. The van der Waals surface area contributed by atoms with Crippen molar-refractivity contribution in [3.63, 3.8) is 0 Å². The van der Waals surface area contributed by atoms with Crippen LogP contribution in [-0.4, -0.2) is 23.3 Å². The van der Waals surface area contributed by atoms with E-state index in [-0.39, 0.29) is 17.6 Å². The Morgan fingerprint density at radius 2 is 1.90 bits per heavy atom. The quantitative estimate of drug-likeness (QED) is 0.916. The molecule has 0 bridgehead atoms. The van der Waals surface area contributed by atoms with Crippen LogP contribution in [0.4, 0.5) is 0 Å². The fourth-order valence-corrected chi connectivity index (χ4v) is 1.97. The van der Waals surface area contributed by atoms with Crippen molar-refractivity contribution < 1.29 is 9.26 Å². The summed E-state index contributed by atoms with van der Waals surface area (Å²) in [5.41, 5.74) is 7.14. The van der Waals surface area contributed by atoms with Crippen LogP contribution >= 0.6 is 0 Å². The summed E-state index contributed by atoms with van der Waals surface area (Å²) in [6.07, 6.45) is 0.233. The molecule has 0 aliphatic rings. The van der Waals surface area contributed by atoms with Gasteiger partial charge in [-0.15, -0.1) is 0 Å². The van der Waals surface area contributed by atoms with Gasteiger partial charge in [-0.05, 0) is 11.0 Å². The van der Waals surface area contributed by atoms with Crippen molar-refractivity contribution >= 4 is 0 Å². The van der Waals surface area contributed by atoms with E-state index in [0.29, 0.717) is 18.1 Å². The molecule has 0 saturated heterocycles. The SMILES string of the molecule is COC(c1ccccc1)c1noc(CC(N)C(C)(C)C)n1. The molecule has 2 N–H and O–H groups in total. The number of hydrogen-bond acceptors (Lipinski definition) is 5. The van der Waals surface area contributed by atoms with Gasteiger partial charge in [0.2, 0.25) is 11.7 Å². The first-order valence-corrected chi connectivity index (χ1v) is 7.07. The summed E-state index contributed by atoms with van der Waals surface area (Å²) in [4.78, 5) is 4.43. The third kappa shape index (κ3) is 3.89. The van der Waals surface area contributed by atoms with Crippen molar-refractivity contribution in [3.8, 4) is 0 Å². The lowest BCUT2D eigenvalue weighted by atomic mass is 9.85. The van der Waals surface area contributed by atoms with E-state index in [1.54, 1.807) is 7.11 Å². The Hall–Kier alpha value is -1.72. The summed E-state index contributed by atoms with van der Waals surface area (Å²) >= 11 is 0. The van der Waals surface area contributed by atoms with Crippen molar-refractivity contribution in [2.45, 2.75) is 39.3 Å². The topological polar surface area (TPSA) is 74.2 Å². The molecule has 0 aliphatic carbocycles. The van der Waals surface area contributed by atoms with Crippen molar-refractivity contribution in [2.75, 3.05) is 7.11 Å². The number of rotatable bonds is 5. The van der Waals surface area contributed by atoms with Crippen molar-refractivity contribution in [2.24, 2.45) is 11.1 Å². The Kier molecular flexibility index (Phi) is 4.75. The molecule has 2 rings (SSSR count). The minimum absolute atomic E-state index is 0.00524. The van der Waals surface area contributed by atoms with E-state index in [1.165, 1.54) is 0 Å². The third-order valence-corrected chi connectivity index (χ3v) is 3.56. The highest BCUT2D eigenvalue weighted by Crippen LogP contribution is 2.24. The highest BCUT2D eigenvalue weighted by molar-refractivity contribution is 5.22.